The zero-order valence-electron chi connectivity index (χ0n) is 10.7. The normalized spacial score (nSPS) is 24.7. The molecule has 1 rings (SSSR count). The van der Waals surface area contributed by atoms with E-state index < -0.39 is 0 Å². The van der Waals surface area contributed by atoms with Gasteiger partial charge < -0.3 is 10.6 Å². The molecule has 0 aliphatic heterocycles. The van der Waals surface area contributed by atoms with Crippen LogP contribution in [0, 0.1) is 17.2 Å². The zero-order valence-corrected chi connectivity index (χ0v) is 10.7. The van der Waals surface area contributed by atoms with Crippen LogP contribution in [0.4, 0.5) is 0 Å². The number of amides is 1. The quantitative estimate of drug-likeness (QED) is 0.563. The van der Waals surface area contributed by atoms with Crippen LogP contribution >= 0.6 is 0 Å². The highest BCUT2D eigenvalue weighted by Gasteiger charge is 2.19. The molecule has 0 heterocycles. The first kappa shape index (κ1) is 14.0. The fraction of sp³-hybridized carbons (Fsp3) is 0.846. The molecular weight excluding hydrogens is 214 g/mol. The van der Waals surface area contributed by atoms with E-state index in [1.165, 1.54) is 32.1 Å². The Balaban J connectivity index is 2.19. The summed E-state index contributed by atoms with van der Waals surface area (Å²) >= 11 is 0. The van der Waals surface area contributed by atoms with Gasteiger partial charge in [0.2, 0.25) is 5.91 Å². The van der Waals surface area contributed by atoms with Gasteiger partial charge in [0.15, 0.2) is 0 Å². The van der Waals surface area contributed by atoms with Crippen LogP contribution in [0.25, 0.3) is 0 Å². The number of carbonyl (C=O) groups is 1. The SMILES string of the molecule is CC1CCCCCC1NCC(=O)NCCC#N. The van der Waals surface area contributed by atoms with E-state index in [-0.39, 0.29) is 5.91 Å². The van der Waals surface area contributed by atoms with Crippen molar-refractivity contribution in [3.05, 3.63) is 0 Å². The molecule has 0 aromatic carbocycles. The highest BCUT2D eigenvalue weighted by atomic mass is 16.1. The Morgan fingerprint density at radius 2 is 2.12 bits per heavy atom. The number of rotatable bonds is 5. The second-order valence-electron chi connectivity index (χ2n) is 4.86. The van der Waals surface area contributed by atoms with Gasteiger partial charge in [0.25, 0.3) is 0 Å². The maximum atomic E-state index is 11.5. The molecule has 1 fully saturated rings. The van der Waals surface area contributed by atoms with E-state index >= 15 is 0 Å². The molecule has 2 N–H and O–H groups in total. The predicted molar refractivity (Wildman–Crippen MR) is 67.3 cm³/mol. The number of nitrogens with zero attached hydrogens (tertiary/aromatic N) is 1. The molecule has 0 radical (unpaired) electrons. The molecule has 1 amide bonds. The monoisotopic (exact) mass is 237 g/mol. The first-order valence-electron chi connectivity index (χ1n) is 6.61. The van der Waals surface area contributed by atoms with Gasteiger partial charge in [-0.3, -0.25) is 4.79 Å². The van der Waals surface area contributed by atoms with Gasteiger partial charge in [0, 0.05) is 12.6 Å². The summed E-state index contributed by atoms with van der Waals surface area (Å²) in [5.41, 5.74) is 0. The fourth-order valence-corrected chi connectivity index (χ4v) is 2.34. The highest BCUT2D eigenvalue weighted by Crippen LogP contribution is 2.22. The predicted octanol–water partition coefficient (Wildman–Crippen LogP) is 1.57. The lowest BCUT2D eigenvalue weighted by atomic mass is 9.97. The summed E-state index contributed by atoms with van der Waals surface area (Å²) in [7, 11) is 0. The largest absolute Gasteiger partial charge is 0.354 e. The van der Waals surface area contributed by atoms with Crippen LogP contribution in [0.1, 0.15) is 45.4 Å². The maximum Gasteiger partial charge on any atom is 0.233 e. The van der Waals surface area contributed by atoms with E-state index in [2.05, 4.69) is 17.6 Å². The molecule has 17 heavy (non-hydrogen) atoms. The molecule has 1 aliphatic carbocycles. The van der Waals surface area contributed by atoms with Crippen molar-refractivity contribution in [1.29, 1.82) is 5.26 Å². The summed E-state index contributed by atoms with van der Waals surface area (Å²) in [4.78, 5) is 11.5. The second-order valence-corrected chi connectivity index (χ2v) is 4.86. The Morgan fingerprint density at radius 1 is 1.35 bits per heavy atom. The molecular formula is C13H23N3O. The lowest BCUT2D eigenvalue weighted by Gasteiger charge is -2.22. The van der Waals surface area contributed by atoms with Crippen LogP contribution in [-0.2, 0) is 4.79 Å². The lowest BCUT2D eigenvalue weighted by Crippen LogP contribution is -2.41. The average molecular weight is 237 g/mol. The molecule has 0 aromatic heterocycles. The van der Waals surface area contributed by atoms with E-state index in [4.69, 9.17) is 5.26 Å². The third kappa shape index (κ3) is 5.69. The van der Waals surface area contributed by atoms with E-state index in [0.29, 0.717) is 31.5 Å². The molecule has 0 spiro atoms. The highest BCUT2D eigenvalue weighted by molar-refractivity contribution is 5.77. The summed E-state index contributed by atoms with van der Waals surface area (Å²) in [6.45, 7) is 3.09. The molecule has 0 bridgehead atoms. The Morgan fingerprint density at radius 3 is 2.88 bits per heavy atom. The Kier molecular flexibility index (Phi) is 6.64. The van der Waals surface area contributed by atoms with Crippen molar-refractivity contribution >= 4 is 5.91 Å². The molecule has 0 saturated heterocycles. The molecule has 0 aromatic rings. The maximum absolute atomic E-state index is 11.5. The first-order valence-corrected chi connectivity index (χ1v) is 6.61. The van der Waals surface area contributed by atoms with Crippen LogP contribution in [-0.4, -0.2) is 25.0 Å². The summed E-state index contributed by atoms with van der Waals surface area (Å²) in [5.74, 6) is 0.654. The molecule has 1 aliphatic rings. The zero-order chi connectivity index (χ0) is 12.5. The van der Waals surface area contributed by atoms with Gasteiger partial charge in [-0.15, -0.1) is 0 Å². The Labute approximate surface area is 104 Å². The summed E-state index contributed by atoms with van der Waals surface area (Å²) in [6.07, 6.45) is 6.70. The Hall–Kier alpha value is -1.08. The molecule has 96 valence electrons. The van der Waals surface area contributed by atoms with Crippen molar-refractivity contribution in [2.75, 3.05) is 13.1 Å². The van der Waals surface area contributed by atoms with Gasteiger partial charge in [-0.1, -0.05) is 26.2 Å². The van der Waals surface area contributed by atoms with Crippen LogP contribution in [0.2, 0.25) is 0 Å². The van der Waals surface area contributed by atoms with Crippen LogP contribution in [0.5, 0.6) is 0 Å². The summed E-state index contributed by atoms with van der Waals surface area (Å²) in [6, 6.07) is 2.48. The lowest BCUT2D eigenvalue weighted by molar-refractivity contribution is -0.120. The van der Waals surface area contributed by atoms with E-state index in [1.807, 2.05) is 6.07 Å². The van der Waals surface area contributed by atoms with Crippen molar-refractivity contribution in [2.24, 2.45) is 5.92 Å². The molecule has 2 unspecified atom stereocenters. The number of nitrogens with one attached hydrogen (secondary N) is 2. The fourth-order valence-electron chi connectivity index (χ4n) is 2.34. The van der Waals surface area contributed by atoms with Gasteiger partial charge in [0.1, 0.15) is 0 Å². The van der Waals surface area contributed by atoms with Crippen molar-refractivity contribution in [3.8, 4) is 6.07 Å². The number of nitriles is 1. The van der Waals surface area contributed by atoms with Crippen molar-refractivity contribution in [3.63, 3.8) is 0 Å². The standard InChI is InChI=1S/C13H23N3O/c1-11-6-3-2-4-7-12(11)16-10-13(17)15-9-5-8-14/h11-12,16H,2-7,9-10H2,1H3,(H,15,17). The van der Waals surface area contributed by atoms with Crippen molar-refractivity contribution in [1.82, 2.24) is 10.6 Å². The number of carbonyl (C=O) groups excluding carboxylic acids is 1. The summed E-state index contributed by atoms with van der Waals surface area (Å²) < 4.78 is 0. The number of hydrogen-bond donors (Lipinski definition) is 2. The van der Waals surface area contributed by atoms with Gasteiger partial charge in [-0.25, -0.2) is 0 Å². The topological polar surface area (TPSA) is 64.9 Å². The number of hydrogen-bond acceptors (Lipinski definition) is 3. The van der Waals surface area contributed by atoms with Crippen molar-refractivity contribution in [2.45, 2.75) is 51.5 Å². The Bertz CT molecular complexity index is 272. The minimum absolute atomic E-state index is 0.00306. The molecule has 1 saturated carbocycles. The molecule has 4 heteroatoms. The van der Waals surface area contributed by atoms with Gasteiger partial charge in [-0.05, 0) is 18.8 Å². The van der Waals surface area contributed by atoms with Crippen LogP contribution < -0.4 is 10.6 Å². The van der Waals surface area contributed by atoms with Gasteiger partial charge in [-0.2, -0.15) is 5.26 Å². The minimum Gasteiger partial charge on any atom is -0.354 e. The van der Waals surface area contributed by atoms with Crippen molar-refractivity contribution < 1.29 is 4.79 Å². The smallest absolute Gasteiger partial charge is 0.233 e. The summed E-state index contributed by atoms with van der Waals surface area (Å²) in [5, 5.41) is 14.4. The van der Waals surface area contributed by atoms with Gasteiger partial charge >= 0.3 is 0 Å². The van der Waals surface area contributed by atoms with E-state index in [0.717, 1.165) is 0 Å². The molecule has 2 atom stereocenters. The van der Waals surface area contributed by atoms with Crippen LogP contribution in [0.3, 0.4) is 0 Å². The second kappa shape index (κ2) is 8.08. The average Bonchev–Trinajstić information content (AvgIpc) is 2.52. The molecule has 4 nitrogen and oxygen atoms in total. The van der Waals surface area contributed by atoms with E-state index in [1.54, 1.807) is 0 Å². The third-order valence-electron chi connectivity index (χ3n) is 3.45. The van der Waals surface area contributed by atoms with E-state index in [9.17, 15) is 4.79 Å². The third-order valence-corrected chi connectivity index (χ3v) is 3.45. The first-order chi connectivity index (χ1) is 8.24. The van der Waals surface area contributed by atoms with Crippen LogP contribution in [0.15, 0.2) is 0 Å². The minimum atomic E-state index is -0.00306. The van der Waals surface area contributed by atoms with Gasteiger partial charge in [0.05, 0.1) is 19.0 Å².